The third kappa shape index (κ3) is 4.18. The Kier molecular flexibility index (Phi) is 5.63. The first kappa shape index (κ1) is 22.5. The molecule has 0 bridgehead atoms. The summed E-state index contributed by atoms with van der Waals surface area (Å²) in [6, 6.07) is 10.2. The summed E-state index contributed by atoms with van der Waals surface area (Å²) in [5.41, 5.74) is 1.78. The summed E-state index contributed by atoms with van der Waals surface area (Å²) in [5.74, 6) is 0.543. The van der Waals surface area contributed by atoms with Crippen LogP contribution < -0.4 is 4.90 Å². The van der Waals surface area contributed by atoms with Crippen molar-refractivity contribution in [3.8, 4) is 11.1 Å². The van der Waals surface area contributed by atoms with Gasteiger partial charge in [0.05, 0.1) is 22.7 Å². The van der Waals surface area contributed by atoms with Gasteiger partial charge in [0.25, 0.3) is 0 Å². The molecule has 0 atom stereocenters. The number of fused-ring (bicyclic) bond motifs is 1. The Labute approximate surface area is 197 Å². The van der Waals surface area contributed by atoms with Crippen molar-refractivity contribution in [3.05, 3.63) is 54.2 Å². The third-order valence-corrected chi connectivity index (χ3v) is 7.43. The Balaban J connectivity index is 1.36. The van der Waals surface area contributed by atoms with E-state index in [9.17, 15) is 8.42 Å². The minimum Gasteiger partial charge on any atom is -0.324 e. The van der Waals surface area contributed by atoms with Crippen LogP contribution in [0.1, 0.15) is 44.5 Å². The normalized spacial score (nSPS) is 15.5. The molecule has 3 heterocycles. The average Bonchev–Trinajstić information content (AvgIpc) is 3.46. The quantitative estimate of drug-likeness (QED) is 0.410. The SMILES string of the molecule is CC(C)c1noc(N2CCC(n3ncc4cc(-c5ccc(S(C)(=O)=O)cc5)c(F)cc43)CC2)n1. The van der Waals surface area contributed by atoms with Crippen LogP contribution in [0.15, 0.2) is 52.0 Å². The van der Waals surface area contributed by atoms with Gasteiger partial charge in [-0.05, 0) is 36.6 Å². The van der Waals surface area contributed by atoms with Gasteiger partial charge in [0, 0.05) is 42.3 Å². The first-order chi connectivity index (χ1) is 16.2. The highest BCUT2D eigenvalue weighted by Crippen LogP contribution is 2.32. The van der Waals surface area contributed by atoms with Crippen LogP contribution >= 0.6 is 0 Å². The lowest BCUT2D eigenvalue weighted by atomic mass is 10.0. The smallest absolute Gasteiger partial charge is 0.324 e. The number of hydrogen-bond acceptors (Lipinski definition) is 7. The fraction of sp³-hybridized carbons (Fsp3) is 0.375. The molecule has 1 fully saturated rings. The second kappa shape index (κ2) is 8.50. The van der Waals surface area contributed by atoms with Gasteiger partial charge in [-0.15, -0.1) is 0 Å². The number of sulfone groups is 1. The van der Waals surface area contributed by atoms with Crippen molar-refractivity contribution in [1.82, 2.24) is 19.9 Å². The molecule has 10 heteroatoms. The van der Waals surface area contributed by atoms with E-state index in [2.05, 4.69) is 20.1 Å². The molecular weight excluding hydrogens is 457 g/mol. The average molecular weight is 484 g/mol. The van der Waals surface area contributed by atoms with Crippen LogP contribution in [0.3, 0.4) is 0 Å². The van der Waals surface area contributed by atoms with E-state index in [0.717, 1.165) is 43.1 Å². The standard InChI is InChI=1S/C24H26FN5O3S/c1-15(2)23-27-24(33-28-23)29-10-8-18(9-11-29)30-22-13-21(25)20(12-17(22)14-26-30)16-4-6-19(7-5-16)34(3,31)32/h4-7,12-15,18H,8-11H2,1-3H3. The summed E-state index contributed by atoms with van der Waals surface area (Å²) in [7, 11) is -3.30. The molecule has 4 aromatic rings. The van der Waals surface area contributed by atoms with Gasteiger partial charge in [-0.1, -0.05) is 31.1 Å². The van der Waals surface area contributed by atoms with E-state index in [1.165, 1.54) is 18.2 Å². The predicted octanol–water partition coefficient (Wildman–Crippen LogP) is 4.59. The molecule has 0 aliphatic carbocycles. The summed E-state index contributed by atoms with van der Waals surface area (Å²) in [5, 5.41) is 9.45. The number of rotatable bonds is 5. The van der Waals surface area contributed by atoms with Crippen molar-refractivity contribution >= 4 is 26.8 Å². The Morgan fingerprint density at radius 3 is 2.44 bits per heavy atom. The highest BCUT2D eigenvalue weighted by atomic mass is 32.2. The number of aromatic nitrogens is 4. The fourth-order valence-corrected chi connectivity index (χ4v) is 4.98. The number of anilines is 1. The van der Waals surface area contributed by atoms with Crippen molar-refractivity contribution in [2.75, 3.05) is 24.2 Å². The van der Waals surface area contributed by atoms with Crippen molar-refractivity contribution in [3.63, 3.8) is 0 Å². The lowest BCUT2D eigenvalue weighted by Crippen LogP contribution is -2.35. The highest BCUT2D eigenvalue weighted by Gasteiger charge is 2.26. The zero-order valence-corrected chi connectivity index (χ0v) is 20.1. The summed E-state index contributed by atoms with van der Waals surface area (Å²) < 4.78 is 45.8. The Morgan fingerprint density at radius 2 is 1.82 bits per heavy atom. The van der Waals surface area contributed by atoms with Gasteiger partial charge in [-0.2, -0.15) is 10.1 Å². The lowest BCUT2D eigenvalue weighted by molar-refractivity contribution is 0.347. The number of piperidine rings is 1. The lowest BCUT2D eigenvalue weighted by Gasteiger charge is -2.31. The summed E-state index contributed by atoms with van der Waals surface area (Å²) in [6.07, 6.45) is 4.56. The first-order valence-corrected chi connectivity index (χ1v) is 13.2. The molecule has 1 aliphatic heterocycles. The maximum Gasteiger partial charge on any atom is 0.324 e. The molecule has 5 rings (SSSR count). The minimum atomic E-state index is -3.30. The Bertz CT molecular complexity index is 1440. The summed E-state index contributed by atoms with van der Waals surface area (Å²) in [6.45, 7) is 5.55. The van der Waals surface area contributed by atoms with Crippen molar-refractivity contribution in [2.45, 2.75) is 43.5 Å². The van der Waals surface area contributed by atoms with E-state index in [1.807, 2.05) is 18.5 Å². The molecule has 0 spiro atoms. The molecule has 0 unspecified atom stereocenters. The maximum absolute atomic E-state index is 15.1. The van der Waals surface area contributed by atoms with Gasteiger partial charge in [-0.25, -0.2) is 12.8 Å². The van der Waals surface area contributed by atoms with Crippen molar-refractivity contribution < 1.29 is 17.3 Å². The molecule has 1 aliphatic rings. The van der Waals surface area contributed by atoms with Crippen LogP contribution in [0.4, 0.5) is 10.4 Å². The molecule has 0 radical (unpaired) electrons. The monoisotopic (exact) mass is 483 g/mol. The van der Waals surface area contributed by atoms with E-state index in [4.69, 9.17) is 4.52 Å². The highest BCUT2D eigenvalue weighted by molar-refractivity contribution is 7.90. The van der Waals surface area contributed by atoms with Gasteiger partial charge >= 0.3 is 6.01 Å². The van der Waals surface area contributed by atoms with Crippen LogP contribution in [-0.2, 0) is 9.84 Å². The van der Waals surface area contributed by atoms with Crippen LogP contribution in [-0.4, -0.2) is 47.7 Å². The van der Waals surface area contributed by atoms with Gasteiger partial charge < -0.3 is 9.42 Å². The van der Waals surface area contributed by atoms with Gasteiger partial charge in [0.15, 0.2) is 15.7 Å². The molecule has 0 saturated carbocycles. The van der Waals surface area contributed by atoms with Crippen LogP contribution in [0.25, 0.3) is 22.0 Å². The van der Waals surface area contributed by atoms with Crippen LogP contribution in [0.2, 0.25) is 0 Å². The van der Waals surface area contributed by atoms with E-state index < -0.39 is 9.84 Å². The molecule has 8 nitrogen and oxygen atoms in total. The largest absolute Gasteiger partial charge is 0.324 e. The Morgan fingerprint density at radius 1 is 1.12 bits per heavy atom. The molecule has 2 aromatic carbocycles. The minimum absolute atomic E-state index is 0.139. The van der Waals surface area contributed by atoms with Crippen molar-refractivity contribution in [1.29, 1.82) is 0 Å². The molecule has 34 heavy (non-hydrogen) atoms. The topological polar surface area (TPSA) is 94.1 Å². The van der Waals surface area contributed by atoms with Gasteiger partial charge in [0.2, 0.25) is 0 Å². The van der Waals surface area contributed by atoms with E-state index >= 15 is 4.39 Å². The molecular formula is C24H26FN5O3S. The summed E-state index contributed by atoms with van der Waals surface area (Å²) in [4.78, 5) is 6.77. The second-order valence-corrected chi connectivity index (χ2v) is 11.1. The third-order valence-electron chi connectivity index (χ3n) is 6.31. The van der Waals surface area contributed by atoms with Gasteiger partial charge in [0.1, 0.15) is 5.82 Å². The van der Waals surface area contributed by atoms with Crippen LogP contribution in [0.5, 0.6) is 0 Å². The number of hydrogen-bond donors (Lipinski definition) is 0. The zero-order chi connectivity index (χ0) is 24.0. The van der Waals surface area contributed by atoms with E-state index in [-0.39, 0.29) is 22.7 Å². The fourth-order valence-electron chi connectivity index (χ4n) is 4.35. The number of nitrogens with zero attached hydrogens (tertiary/aromatic N) is 5. The molecule has 2 aromatic heterocycles. The van der Waals surface area contributed by atoms with Crippen LogP contribution in [0, 0.1) is 5.82 Å². The Hall–Kier alpha value is -3.27. The molecule has 178 valence electrons. The van der Waals surface area contributed by atoms with E-state index in [1.54, 1.807) is 24.4 Å². The number of benzene rings is 2. The predicted molar refractivity (Wildman–Crippen MR) is 127 cm³/mol. The second-order valence-electron chi connectivity index (χ2n) is 9.08. The maximum atomic E-state index is 15.1. The number of halogens is 1. The van der Waals surface area contributed by atoms with E-state index in [0.29, 0.717) is 23.0 Å². The molecule has 0 N–H and O–H groups in total. The zero-order valence-electron chi connectivity index (χ0n) is 19.3. The van der Waals surface area contributed by atoms with Gasteiger partial charge in [-0.3, -0.25) is 4.68 Å². The molecule has 0 amide bonds. The van der Waals surface area contributed by atoms with Crippen molar-refractivity contribution in [2.24, 2.45) is 0 Å². The summed E-state index contributed by atoms with van der Waals surface area (Å²) >= 11 is 0. The molecule has 1 saturated heterocycles. The first-order valence-electron chi connectivity index (χ1n) is 11.3.